The first-order valence-corrected chi connectivity index (χ1v) is 9.16. The summed E-state index contributed by atoms with van der Waals surface area (Å²) in [5.74, 6) is -0.501. The Morgan fingerprint density at radius 2 is 2.00 bits per heavy atom. The summed E-state index contributed by atoms with van der Waals surface area (Å²) in [6.45, 7) is 2.04. The van der Waals surface area contributed by atoms with Crippen LogP contribution in [0.25, 0.3) is 0 Å². The van der Waals surface area contributed by atoms with Gasteiger partial charge in [0.15, 0.2) is 11.6 Å². The molecule has 0 saturated heterocycles. The van der Waals surface area contributed by atoms with E-state index in [1.807, 2.05) is 0 Å². The number of benzene rings is 1. The Kier molecular flexibility index (Phi) is 7.69. The lowest BCUT2D eigenvalue weighted by atomic mass is 9.96. The first-order chi connectivity index (χ1) is 12.5. The third-order valence-corrected chi connectivity index (χ3v) is 4.63. The van der Waals surface area contributed by atoms with Gasteiger partial charge < -0.3 is 20.7 Å². The number of halogens is 1. The van der Waals surface area contributed by atoms with Crippen LogP contribution in [0.4, 0.5) is 9.18 Å². The fraction of sp³-hybridized carbons (Fsp3) is 0.579. The highest BCUT2D eigenvalue weighted by Crippen LogP contribution is 2.21. The second-order valence-corrected chi connectivity index (χ2v) is 6.67. The van der Waals surface area contributed by atoms with Crippen LogP contribution in [0, 0.1) is 5.82 Å². The molecular weight excluding hydrogens is 337 g/mol. The number of carbonyl (C=O) groups is 2. The van der Waals surface area contributed by atoms with Gasteiger partial charge in [-0.3, -0.25) is 4.79 Å². The van der Waals surface area contributed by atoms with Gasteiger partial charge in [0, 0.05) is 19.0 Å². The van der Waals surface area contributed by atoms with Crippen molar-refractivity contribution in [3.05, 3.63) is 29.6 Å². The van der Waals surface area contributed by atoms with Gasteiger partial charge in [0.1, 0.15) is 0 Å². The van der Waals surface area contributed by atoms with Crippen LogP contribution in [0.2, 0.25) is 0 Å². The smallest absolute Gasteiger partial charge is 0.315 e. The van der Waals surface area contributed by atoms with Crippen molar-refractivity contribution in [1.29, 1.82) is 0 Å². The van der Waals surface area contributed by atoms with Gasteiger partial charge in [-0.1, -0.05) is 25.3 Å². The minimum Gasteiger partial charge on any atom is -0.494 e. The van der Waals surface area contributed by atoms with E-state index >= 15 is 0 Å². The highest BCUT2D eigenvalue weighted by Gasteiger charge is 2.16. The van der Waals surface area contributed by atoms with Crippen LogP contribution < -0.4 is 20.7 Å². The van der Waals surface area contributed by atoms with Crippen molar-refractivity contribution in [1.82, 2.24) is 16.0 Å². The maximum absolute atomic E-state index is 13.7. The molecule has 0 heterocycles. The van der Waals surface area contributed by atoms with Crippen molar-refractivity contribution in [3.8, 4) is 5.75 Å². The van der Waals surface area contributed by atoms with E-state index in [1.165, 1.54) is 25.7 Å². The molecule has 26 heavy (non-hydrogen) atoms. The molecule has 0 aliphatic heterocycles. The second kappa shape index (κ2) is 9.99. The first-order valence-electron chi connectivity index (χ1n) is 9.16. The first kappa shape index (κ1) is 20.0. The maximum atomic E-state index is 13.7. The molecule has 1 aliphatic rings. The molecule has 1 saturated carbocycles. The van der Waals surface area contributed by atoms with Gasteiger partial charge in [-0.2, -0.15) is 0 Å². The van der Waals surface area contributed by atoms with Crippen LogP contribution in [0.15, 0.2) is 18.2 Å². The Morgan fingerprint density at radius 1 is 1.27 bits per heavy atom. The van der Waals surface area contributed by atoms with Gasteiger partial charge in [-0.05, 0) is 37.5 Å². The van der Waals surface area contributed by atoms with Gasteiger partial charge in [-0.25, -0.2) is 9.18 Å². The van der Waals surface area contributed by atoms with Crippen molar-refractivity contribution in [2.75, 3.05) is 13.7 Å². The normalized spacial score (nSPS) is 15.8. The zero-order valence-corrected chi connectivity index (χ0v) is 15.4. The van der Waals surface area contributed by atoms with Gasteiger partial charge >= 0.3 is 6.03 Å². The van der Waals surface area contributed by atoms with Crippen LogP contribution in [0.1, 0.15) is 57.1 Å². The molecule has 0 aromatic heterocycles. The predicted molar refractivity (Wildman–Crippen MR) is 97.5 cm³/mol. The topological polar surface area (TPSA) is 79.5 Å². The standard InChI is InChI=1S/C19H28FN3O3/c1-13(14-8-9-17(26-2)16(20)12-14)22-18(24)10-11-21-19(25)23-15-6-4-3-5-7-15/h8-9,12-13,15H,3-7,10-11H2,1-2H3,(H,22,24)(H2,21,23,25)/t13-/m0/s1. The SMILES string of the molecule is COc1ccc([C@H](C)NC(=O)CCNC(=O)NC2CCCCC2)cc1F. The average Bonchev–Trinajstić information content (AvgIpc) is 2.62. The monoisotopic (exact) mass is 365 g/mol. The Labute approximate surface area is 153 Å². The van der Waals surface area contributed by atoms with Crippen LogP contribution in [0.5, 0.6) is 5.75 Å². The number of urea groups is 1. The van der Waals surface area contributed by atoms with Crippen LogP contribution >= 0.6 is 0 Å². The molecule has 2 rings (SSSR count). The minimum atomic E-state index is -0.466. The fourth-order valence-corrected chi connectivity index (χ4v) is 3.12. The number of carbonyl (C=O) groups excluding carboxylic acids is 2. The quantitative estimate of drug-likeness (QED) is 0.695. The summed E-state index contributed by atoms with van der Waals surface area (Å²) in [4.78, 5) is 23.8. The molecule has 144 valence electrons. The van der Waals surface area contributed by atoms with Crippen molar-refractivity contribution < 1.29 is 18.7 Å². The molecule has 0 bridgehead atoms. The summed E-state index contributed by atoms with van der Waals surface area (Å²) in [5.41, 5.74) is 0.652. The van der Waals surface area contributed by atoms with E-state index in [9.17, 15) is 14.0 Å². The summed E-state index contributed by atoms with van der Waals surface area (Å²) < 4.78 is 18.6. The molecule has 7 heteroatoms. The average molecular weight is 365 g/mol. The summed E-state index contributed by atoms with van der Waals surface area (Å²) in [6.07, 6.45) is 5.74. The lowest BCUT2D eigenvalue weighted by Gasteiger charge is -2.22. The van der Waals surface area contributed by atoms with Crippen LogP contribution in [-0.2, 0) is 4.79 Å². The predicted octanol–water partition coefficient (Wildman–Crippen LogP) is 3.03. The molecule has 1 fully saturated rings. The van der Waals surface area contributed by atoms with Crippen LogP contribution in [0.3, 0.4) is 0 Å². The van der Waals surface area contributed by atoms with Crippen molar-refractivity contribution in [2.45, 2.75) is 57.5 Å². The summed E-state index contributed by atoms with van der Waals surface area (Å²) in [7, 11) is 1.40. The highest BCUT2D eigenvalue weighted by molar-refractivity contribution is 5.78. The zero-order chi connectivity index (χ0) is 18.9. The minimum absolute atomic E-state index is 0.167. The Bertz CT molecular complexity index is 618. The Hall–Kier alpha value is -2.31. The third-order valence-electron chi connectivity index (χ3n) is 4.63. The van der Waals surface area contributed by atoms with E-state index in [0.717, 1.165) is 25.7 Å². The van der Waals surface area contributed by atoms with Gasteiger partial charge in [0.05, 0.1) is 13.2 Å². The molecule has 0 spiro atoms. The van der Waals surface area contributed by atoms with Gasteiger partial charge in [0.2, 0.25) is 5.91 Å². The van der Waals surface area contributed by atoms with E-state index < -0.39 is 5.82 Å². The third kappa shape index (κ3) is 6.20. The fourth-order valence-electron chi connectivity index (χ4n) is 3.12. The number of hydrogen-bond acceptors (Lipinski definition) is 3. The van der Waals surface area contributed by atoms with E-state index in [4.69, 9.17) is 4.74 Å². The van der Waals surface area contributed by atoms with Crippen LogP contribution in [-0.4, -0.2) is 31.6 Å². The molecular formula is C19H28FN3O3. The lowest BCUT2D eigenvalue weighted by Crippen LogP contribution is -2.43. The number of amides is 3. The van der Waals surface area contributed by atoms with Crippen molar-refractivity contribution in [3.63, 3.8) is 0 Å². The number of rotatable bonds is 7. The maximum Gasteiger partial charge on any atom is 0.315 e. The number of ether oxygens (including phenoxy) is 1. The molecule has 3 amide bonds. The molecule has 0 unspecified atom stereocenters. The van der Waals surface area contributed by atoms with Gasteiger partial charge in [0.25, 0.3) is 0 Å². The largest absolute Gasteiger partial charge is 0.494 e. The molecule has 1 aliphatic carbocycles. The molecule has 0 radical (unpaired) electrons. The zero-order valence-electron chi connectivity index (χ0n) is 15.4. The Balaban J connectivity index is 1.69. The van der Waals surface area contributed by atoms with Crippen molar-refractivity contribution >= 4 is 11.9 Å². The van der Waals surface area contributed by atoms with Gasteiger partial charge in [-0.15, -0.1) is 0 Å². The Morgan fingerprint density at radius 3 is 2.65 bits per heavy atom. The number of methoxy groups -OCH3 is 1. The number of nitrogens with one attached hydrogen (secondary N) is 3. The molecule has 1 atom stereocenters. The highest BCUT2D eigenvalue weighted by atomic mass is 19.1. The lowest BCUT2D eigenvalue weighted by molar-refractivity contribution is -0.121. The summed E-state index contributed by atoms with van der Waals surface area (Å²) in [6, 6.07) is 4.27. The molecule has 1 aromatic carbocycles. The van der Waals surface area contributed by atoms with E-state index in [-0.39, 0.29) is 42.7 Å². The molecule has 6 nitrogen and oxygen atoms in total. The number of hydrogen-bond donors (Lipinski definition) is 3. The summed E-state index contributed by atoms with van der Waals surface area (Å²) >= 11 is 0. The van der Waals surface area contributed by atoms with Crippen molar-refractivity contribution in [2.24, 2.45) is 0 Å². The molecule has 1 aromatic rings. The summed E-state index contributed by atoms with van der Waals surface area (Å²) in [5, 5.41) is 8.45. The molecule has 3 N–H and O–H groups in total. The van der Waals surface area contributed by atoms with E-state index in [1.54, 1.807) is 13.0 Å². The second-order valence-electron chi connectivity index (χ2n) is 6.67. The van der Waals surface area contributed by atoms with E-state index in [2.05, 4.69) is 16.0 Å². The van der Waals surface area contributed by atoms with E-state index in [0.29, 0.717) is 5.56 Å².